The van der Waals surface area contributed by atoms with Crippen LogP contribution in [0.2, 0.25) is 0 Å². The second-order valence-corrected chi connectivity index (χ2v) is 4.34. The van der Waals surface area contributed by atoms with Crippen LogP contribution in [0.1, 0.15) is 12.8 Å². The topological polar surface area (TPSA) is 102 Å². The Morgan fingerprint density at radius 2 is 2.33 bits per heavy atom. The lowest BCUT2D eigenvalue weighted by Crippen LogP contribution is -2.50. The molecule has 0 atom stereocenters. The minimum absolute atomic E-state index is 0.178. The largest absolute Gasteiger partial charge is 0.489 e. The van der Waals surface area contributed by atoms with Gasteiger partial charge in [0, 0.05) is 19.8 Å². The van der Waals surface area contributed by atoms with Gasteiger partial charge in [0.15, 0.2) is 5.82 Å². The lowest BCUT2D eigenvalue weighted by Gasteiger charge is -2.37. The maximum atomic E-state index is 11.6. The summed E-state index contributed by atoms with van der Waals surface area (Å²) in [6, 6.07) is 0. The fourth-order valence-corrected chi connectivity index (χ4v) is 2.06. The Hall–Kier alpha value is -1.60. The van der Waals surface area contributed by atoms with Crippen molar-refractivity contribution in [1.29, 1.82) is 0 Å². The molecule has 1 aliphatic rings. The maximum Gasteiger partial charge on any atom is 0.295 e. The summed E-state index contributed by atoms with van der Waals surface area (Å²) in [4.78, 5) is 18.2. The van der Waals surface area contributed by atoms with Gasteiger partial charge in [0.2, 0.25) is 5.75 Å². The van der Waals surface area contributed by atoms with Crippen molar-refractivity contribution in [2.45, 2.75) is 18.4 Å². The lowest BCUT2D eigenvalue weighted by atomic mass is 9.90. The van der Waals surface area contributed by atoms with Crippen molar-refractivity contribution in [2.75, 3.05) is 32.2 Å². The first kappa shape index (κ1) is 12.8. The monoisotopic (exact) mass is 254 g/mol. The van der Waals surface area contributed by atoms with E-state index in [9.17, 15) is 4.79 Å². The number of rotatable bonds is 4. The molecule has 0 spiro atoms. The predicted octanol–water partition coefficient (Wildman–Crippen LogP) is -0.302. The molecule has 4 N–H and O–H groups in total. The van der Waals surface area contributed by atoms with E-state index >= 15 is 0 Å². The molecular formula is C11H18N4O3. The molecule has 7 nitrogen and oxygen atoms in total. The van der Waals surface area contributed by atoms with Gasteiger partial charge in [-0.1, -0.05) is 0 Å². The molecule has 1 fully saturated rings. The van der Waals surface area contributed by atoms with Crippen LogP contribution in [0.4, 0.5) is 5.82 Å². The Morgan fingerprint density at radius 1 is 1.61 bits per heavy atom. The highest BCUT2D eigenvalue weighted by Crippen LogP contribution is 2.27. The highest BCUT2D eigenvalue weighted by molar-refractivity contribution is 5.50. The zero-order chi connectivity index (χ0) is 13.0. The first-order valence-electron chi connectivity index (χ1n) is 5.88. The molecule has 0 bridgehead atoms. The van der Waals surface area contributed by atoms with Gasteiger partial charge in [0.25, 0.3) is 5.56 Å². The van der Waals surface area contributed by atoms with Crippen LogP contribution in [0.3, 0.4) is 0 Å². The van der Waals surface area contributed by atoms with Crippen molar-refractivity contribution in [3.05, 3.63) is 16.7 Å². The normalized spacial score (nSPS) is 18.3. The molecule has 0 unspecified atom stereocenters. The van der Waals surface area contributed by atoms with E-state index in [1.165, 1.54) is 13.4 Å². The fourth-order valence-electron chi connectivity index (χ4n) is 2.06. The second kappa shape index (κ2) is 5.36. The third-order valence-electron chi connectivity index (χ3n) is 3.24. The summed E-state index contributed by atoms with van der Waals surface area (Å²) < 4.78 is 10.4. The van der Waals surface area contributed by atoms with Crippen LogP contribution < -0.4 is 21.3 Å². The quantitative estimate of drug-likeness (QED) is 0.681. The molecule has 0 aliphatic carbocycles. The average molecular weight is 254 g/mol. The molecule has 2 rings (SSSR count). The number of anilines is 1. The van der Waals surface area contributed by atoms with Crippen LogP contribution in [0.5, 0.6) is 5.75 Å². The molecule has 7 heteroatoms. The molecule has 1 aromatic rings. The van der Waals surface area contributed by atoms with Gasteiger partial charge in [-0.05, 0) is 12.8 Å². The van der Waals surface area contributed by atoms with Gasteiger partial charge in [0.1, 0.15) is 0 Å². The second-order valence-electron chi connectivity index (χ2n) is 4.34. The Balaban J connectivity index is 2.26. The molecule has 0 amide bonds. The van der Waals surface area contributed by atoms with E-state index in [2.05, 4.69) is 15.3 Å². The summed E-state index contributed by atoms with van der Waals surface area (Å²) in [5.74, 6) is 0.602. The van der Waals surface area contributed by atoms with Crippen LogP contribution in [-0.4, -0.2) is 42.4 Å². The summed E-state index contributed by atoms with van der Waals surface area (Å²) in [6.07, 6.45) is 2.90. The van der Waals surface area contributed by atoms with Crippen LogP contribution in [0.15, 0.2) is 11.1 Å². The van der Waals surface area contributed by atoms with Gasteiger partial charge >= 0.3 is 0 Å². The third-order valence-corrected chi connectivity index (χ3v) is 3.24. The Kier molecular flexibility index (Phi) is 3.83. The van der Waals surface area contributed by atoms with E-state index in [0.717, 1.165) is 12.8 Å². The summed E-state index contributed by atoms with van der Waals surface area (Å²) in [5, 5.41) is 3.24. The van der Waals surface area contributed by atoms with Gasteiger partial charge in [0.05, 0.1) is 19.0 Å². The average Bonchev–Trinajstić information content (AvgIpc) is 2.40. The van der Waals surface area contributed by atoms with Crippen molar-refractivity contribution < 1.29 is 9.47 Å². The number of aromatic amines is 1. The number of hydrogen-bond acceptors (Lipinski definition) is 6. The molecule has 0 saturated carbocycles. The number of H-pyrrole nitrogens is 1. The van der Waals surface area contributed by atoms with Crippen LogP contribution in [0.25, 0.3) is 0 Å². The van der Waals surface area contributed by atoms with E-state index < -0.39 is 0 Å². The molecule has 1 aliphatic heterocycles. The maximum absolute atomic E-state index is 11.6. The number of aromatic nitrogens is 2. The minimum atomic E-state index is -0.311. The van der Waals surface area contributed by atoms with Crippen molar-refractivity contribution in [3.63, 3.8) is 0 Å². The van der Waals surface area contributed by atoms with E-state index in [0.29, 0.717) is 25.6 Å². The van der Waals surface area contributed by atoms with Gasteiger partial charge in [-0.3, -0.25) is 4.79 Å². The van der Waals surface area contributed by atoms with Crippen LogP contribution in [0, 0.1) is 0 Å². The molecule has 1 saturated heterocycles. The molecule has 2 heterocycles. The first-order valence-corrected chi connectivity index (χ1v) is 5.88. The SMILES string of the molecule is COc1c(NC2(CN)CCOCC2)nc[nH]c1=O. The number of methoxy groups -OCH3 is 1. The lowest BCUT2D eigenvalue weighted by molar-refractivity contribution is 0.0626. The molecule has 18 heavy (non-hydrogen) atoms. The van der Waals surface area contributed by atoms with E-state index in [1.807, 2.05) is 0 Å². The summed E-state index contributed by atoms with van der Waals surface area (Å²) in [5.41, 5.74) is 5.25. The van der Waals surface area contributed by atoms with Crippen LogP contribution >= 0.6 is 0 Å². The molecule has 0 aromatic carbocycles. The first-order chi connectivity index (χ1) is 8.71. The van der Waals surface area contributed by atoms with Crippen molar-refractivity contribution in [2.24, 2.45) is 5.73 Å². The number of hydrogen-bond donors (Lipinski definition) is 3. The number of nitrogens with two attached hydrogens (primary N) is 1. The van der Waals surface area contributed by atoms with Crippen molar-refractivity contribution in [1.82, 2.24) is 9.97 Å². The summed E-state index contributed by atoms with van der Waals surface area (Å²) in [7, 11) is 1.44. The Morgan fingerprint density at radius 3 is 2.94 bits per heavy atom. The van der Waals surface area contributed by atoms with Gasteiger partial charge in [-0.2, -0.15) is 0 Å². The van der Waals surface area contributed by atoms with Crippen LogP contribution in [-0.2, 0) is 4.74 Å². The molecule has 100 valence electrons. The Labute approximate surface area is 105 Å². The highest BCUT2D eigenvalue weighted by atomic mass is 16.5. The number of ether oxygens (including phenoxy) is 2. The smallest absolute Gasteiger partial charge is 0.295 e. The zero-order valence-electron chi connectivity index (χ0n) is 10.4. The summed E-state index contributed by atoms with van der Waals surface area (Å²) >= 11 is 0. The minimum Gasteiger partial charge on any atom is -0.489 e. The molecular weight excluding hydrogens is 236 g/mol. The van der Waals surface area contributed by atoms with E-state index in [1.54, 1.807) is 0 Å². The van der Waals surface area contributed by atoms with Crippen molar-refractivity contribution in [3.8, 4) is 5.75 Å². The third kappa shape index (κ3) is 2.46. The predicted molar refractivity (Wildman–Crippen MR) is 66.9 cm³/mol. The van der Waals surface area contributed by atoms with E-state index in [4.69, 9.17) is 15.2 Å². The zero-order valence-corrected chi connectivity index (χ0v) is 10.4. The fraction of sp³-hybridized carbons (Fsp3) is 0.636. The Bertz CT molecular complexity index is 454. The number of nitrogens with zero attached hydrogens (tertiary/aromatic N) is 1. The number of nitrogens with one attached hydrogen (secondary N) is 2. The van der Waals surface area contributed by atoms with Gasteiger partial charge in [-0.25, -0.2) is 4.98 Å². The van der Waals surface area contributed by atoms with Gasteiger partial charge in [-0.15, -0.1) is 0 Å². The summed E-state index contributed by atoms with van der Waals surface area (Å²) in [6.45, 7) is 1.75. The van der Waals surface area contributed by atoms with E-state index in [-0.39, 0.29) is 16.8 Å². The highest BCUT2D eigenvalue weighted by Gasteiger charge is 2.32. The van der Waals surface area contributed by atoms with Crippen molar-refractivity contribution >= 4 is 5.82 Å². The van der Waals surface area contributed by atoms with Gasteiger partial charge < -0.3 is 25.5 Å². The standard InChI is InChI=1S/C11H18N4O3/c1-17-8-9(13-7-14-10(8)16)15-11(6-12)2-4-18-5-3-11/h7H,2-6,12H2,1H3,(H2,13,14,15,16). The molecule has 1 aromatic heterocycles. The molecule has 0 radical (unpaired) electrons.